The number of carbonyl (C=O) groups excluding carboxylic acids is 1. The highest BCUT2D eigenvalue weighted by Gasteiger charge is 2.21. The van der Waals surface area contributed by atoms with Crippen LogP contribution >= 0.6 is 15.9 Å². The van der Waals surface area contributed by atoms with Crippen molar-refractivity contribution in [3.05, 3.63) is 22.3 Å². The Morgan fingerprint density at radius 2 is 2.16 bits per heavy atom. The van der Waals surface area contributed by atoms with Gasteiger partial charge in [0, 0.05) is 30.3 Å². The van der Waals surface area contributed by atoms with E-state index < -0.39 is 0 Å². The summed E-state index contributed by atoms with van der Waals surface area (Å²) in [6.07, 6.45) is 6.16. The van der Waals surface area contributed by atoms with Gasteiger partial charge in [0.1, 0.15) is 5.82 Å². The number of pyridine rings is 1. The summed E-state index contributed by atoms with van der Waals surface area (Å²) in [5.74, 6) is 0.785. The van der Waals surface area contributed by atoms with E-state index in [-0.39, 0.29) is 5.91 Å². The number of nitrogens with zero attached hydrogens (tertiary/aromatic N) is 2. The van der Waals surface area contributed by atoms with Gasteiger partial charge in [-0.2, -0.15) is 0 Å². The van der Waals surface area contributed by atoms with Crippen LogP contribution in [0.3, 0.4) is 0 Å². The molecule has 0 radical (unpaired) electrons. The Bertz CT molecular complexity index is 444. The van der Waals surface area contributed by atoms with Crippen molar-refractivity contribution in [2.75, 3.05) is 25.0 Å². The zero-order valence-electron chi connectivity index (χ0n) is 11.3. The molecule has 19 heavy (non-hydrogen) atoms. The van der Waals surface area contributed by atoms with E-state index in [4.69, 9.17) is 0 Å². The third-order valence-corrected chi connectivity index (χ3v) is 3.70. The van der Waals surface area contributed by atoms with Gasteiger partial charge < -0.3 is 10.2 Å². The lowest BCUT2D eigenvalue weighted by molar-refractivity contribution is 0.0725. The number of aromatic nitrogens is 1. The van der Waals surface area contributed by atoms with E-state index in [2.05, 4.69) is 33.2 Å². The molecule has 1 saturated heterocycles. The summed E-state index contributed by atoms with van der Waals surface area (Å²) >= 11 is 3.40. The zero-order chi connectivity index (χ0) is 13.7. The third kappa shape index (κ3) is 3.69. The second kappa shape index (κ2) is 6.89. The first-order valence-electron chi connectivity index (χ1n) is 6.91. The van der Waals surface area contributed by atoms with Crippen LogP contribution in [-0.4, -0.2) is 35.4 Å². The van der Waals surface area contributed by atoms with Gasteiger partial charge >= 0.3 is 0 Å². The van der Waals surface area contributed by atoms with Gasteiger partial charge in [-0.25, -0.2) is 4.98 Å². The van der Waals surface area contributed by atoms with Crippen molar-refractivity contribution >= 4 is 27.7 Å². The Hall–Kier alpha value is -1.10. The molecule has 2 rings (SSSR count). The van der Waals surface area contributed by atoms with E-state index in [1.54, 1.807) is 6.20 Å². The molecular formula is C14H20BrN3O. The largest absolute Gasteiger partial charge is 0.369 e. The molecule has 5 heteroatoms. The number of anilines is 1. The van der Waals surface area contributed by atoms with E-state index in [0.717, 1.165) is 43.4 Å². The summed E-state index contributed by atoms with van der Waals surface area (Å²) in [5, 5.41) is 3.23. The maximum Gasteiger partial charge on any atom is 0.257 e. The standard InChI is InChI=1S/C14H20BrN3O/c1-2-6-16-13-12(9-11(15)10-17-13)14(19)18-7-4-3-5-8-18/h9-10H,2-8H2,1H3,(H,16,17). The molecule has 0 aliphatic carbocycles. The Kier molecular flexibility index (Phi) is 5.19. The smallest absolute Gasteiger partial charge is 0.257 e. The van der Waals surface area contributed by atoms with Crippen LogP contribution in [-0.2, 0) is 0 Å². The number of nitrogens with one attached hydrogen (secondary N) is 1. The minimum atomic E-state index is 0.0899. The van der Waals surface area contributed by atoms with Crippen LogP contribution in [0.25, 0.3) is 0 Å². The summed E-state index contributed by atoms with van der Waals surface area (Å²) in [6, 6.07) is 1.86. The van der Waals surface area contributed by atoms with Gasteiger partial charge in [-0.1, -0.05) is 6.92 Å². The van der Waals surface area contributed by atoms with Crippen LogP contribution in [0.2, 0.25) is 0 Å². The third-order valence-electron chi connectivity index (χ3n) is 3.27. The Balaban J connectivity index is 2.20. The van der Waals surface area contributed by atoms with Gasteiger partial charge in [-0.15, -0.1) is 0 Å². The highest BCUT2D eigenvalue weighted by molar-refractivity contribution is 9.10. The SMILES string of the molecule is CCCNc1ncc(Br)cc1C(=O)N1CCCCC1. The van der Waals surface area contributed by atoms with Gasteiger partial charge in [0.15, 0.2) is 0 Å². The van der Waals surface area contributed by atoms with Crippen LogP contribution in [0.5, 0.6) is 0 Å². The van der Waals surface area contributed by atoms with Gasteiger partial charge in [0.2, 0.25) is 0 Å². The van der Waals surface area contributed by atoms with Gasteiger partial charge in [-0.05, 0) is 47.7 Å². The number of rotatable bonds is 4. The molecule has 0 bridgehead atoms. The van der Waals surface area contributed by atoms with Crippen molar-refractivity contribution in [1.29, 1.82) is 0 Å². The normalized spacial score (nSPS) is 15.4. The van der Waals surface area contributed by atoms with Crippen LogP contribution in [0.4, 0.5) is 5.82 Å². The lowest BCUT2D eigenvalue weighted by Crippen LogP contribution is -2.36. The molecule has 1 amide bonds. The van der Waals surface area contributed by atoms with E-state index >= 15 is 0 Å². The number of amides is 1. The fraction of sp³-hybridized carbons (Fsp3) is 0.571. The molecule has 1 aliphatic rings. The molecule has 0 atom stereocenters. The van der Waals surface area contributed by atoms with Crippen molar-refractivity contribution in [1.82, 2.24) is 9.88 Å². The summed E-state index contributed by atoms with van der Waals surface area (Å²) < 4.78 is 0.843. The van der Waals surface area contributed by atoms with Crippen molar-refractivity contribution in [2.45, 2.75) is 32.6 Å². The maximum atomic E-state index is 12.6. The highest BCUT2D eigenvalue weighted by atomic mass is 79.9. The van der Waals surface area contributed by atoms with Crippen LogP contribution in [0.1, 0.15) is 43.0 Å². The second-order valence-electron chi connectivity index (χ2n) is 4.83. The fourth-order valence-electron chi connectivity index (χ4n) is 2.25. The van der Waals surface area contributed by atoms with Crippen LogP contribution in [0.15, 0.2) is 16.7 Å². The molecule has 0 unspecified atom stereocenters. The van der Waals surface area contributed by atoms with E-state index in [1.807, 2.05) is 11.0 Å². The summed E-state index contributed by atoms with van der Waals surface area (Å²) in [6.45, 7) is 4.64. The average molecular weight is 326 g/mol. The average Bonchev–Trinajstić information content (AvgIpc) is 2.46. The highest BCUT2D eigenvalue weighted by Crippen LogP contribution is 2.21. The number of likely N-dealkylation sites (tertiary alicyclic amines) is 1. The predicted octanol–water partition coefficient (Wildman–Crippen LogP) is 3.29. The van der Waals surface area contributed by atoms with Gasteiger partial charge in [0.05, 0.1) is 5.56 Å². The molecule has 2 heterocycles. The van der Waals surface area contributed by atoms with Crippen LogP contribution < -0.4 is 5.32 Å². The second-order valence-corrected chi connectivity index (χ2v) is 5.75. The molecule has 1 aromatic heterocycles. The lowest BCUT2D eigenvalue weighted by Gasteiger charge is -2.27. The van der Waals surface area contributed by atoms with Crippen molar-refractivity contribution < 1.29 is 4.79 Å². The van der Waals surface area contributed by atoms with Crippen molar-refractivity contribution in [2.24, 2.45) is 0 Å². The summed E-state index contributed by atoms with van der Waals surface area (Å²) in [7, 11) is 0. The topological polar surface area (TPSA) is 45.2 Å². The summed E-state index contributed by atoms with van der Waals surface area (Å²) in [5.41, 5.74) is 0.671. The summed E-state index contributed by atoms with van der Waals surface area (Å²) in [4.78, 5) is 18.8. The van der Waals surface area contributed by atoms with Crippen molar-refractivity contribution in [3.63, 3.8) is 0 Å². The maximum absolute atomic E-state index is 12.6. The quantitative estimate of drug-likeness (QED) is 0.923. The number of hydrogen-bond acceptors (Lipinski definition) is 3. The molecule has 0 saturated carbocycles. The molecule has 1 N–H and O–H groups in total. The molecule has 1 aliphatic heterocycles. The van der Waals surface area contributed by atoms with E-state index in [1.165, 1.54) is 6.42 Å². The molecule has 0 aromatic carbocycles. The first-order chi connectivity index (χ1) is 9.22. The monoisotopic (exact) mass is 325 g/mol. The minimum Gasteiger partial charge on any atom is -0.369 e. The van der Waals surface area contributed by atoms with Crippen LogP contribution in [0, 0.1) is 0 Å². The molecule has 104 valence electrons. The Labute approximate surface area is 122 Å². The molecular weight excluding hydrogens is 306 g/mol. The number of halogens is 1. The first kappa shape index (κ1) is 14.3. The Morgan fingerprint density at radius 1 is 1.42 bits per heavy atom. The molecule has 0 spiro atoms. The number of piperidine rings is 1. The lowest BCUT2D eigenvalue weighted by atomic mass is 10.1. The van der Waals surface area contributed by atoms with Gasteiger partial charge in [-0.3, -0.25) is 4.79 Å². The van der Waals surface area contributed by atoms with E-state index in [9.17, 15) is 4.79 Å². The van der Waals surface area contributed by atoms with Gasteiger partial charge in [0.25, 0.3) is 5.91 Å². The number of hydrogen-bond donors (Lipinski definition) is 1. The Morgan fingerprint density at radius 3 is 2.84 bits per heavy atom. The molecule has 1 fully saturated rings. The van der Waals surface area contributed by atoms with E-state index in [0.29, 0.717) is 11.4 Å². The molecule has 1 aromatic rings. The van der Waals surface area contributed by atoms with Crippen molar-refractivity contribution in [3.8, 4) is 0 Å². The predicted molar refractivity (Wildman–Crippen MR) is 80.5 cm³/mol. The zero-order valence-corrected chi connectivity index (χ0v) is 12.9. The minimum absolute atomic E-state index is 0.0899. The first-order valence-corrected chi connectivity index (χ1v) is 7.70. The number of carbonyl (C=O) groups is 1. The fourth-order valence-corrected chi connectivity index (χ4v) is 2.59. The molecule has 4 nitrogen and oxygen atoms in total.